The average Bonchev–Trinajstić information content (AvgIpc) is 3.13. The average molecular weight is 563 g/mol. The van der Waals surface area contributed by atoms with Crippen LogP contribution in [0, 0.1) is 11.2 Å². The van der Waals surface area contributed by atoms with Gasteiger partial charge >= 0.3 is 0 Å². The van der Waals surface area contributed by atoms with Crippen LogP contribution in [0.15, 0.2) is 48.5 Å². The first-order valence-corrected chi connectivity index (χ1v) is 12.7. The first kappa shape index (κ1) is 27.0. The van der Waals surface area contributed by atoms with Crippen LogP contribution in [0.2, 0.25) is 15.1 Å². The molecule has 0 aliphatic carbocycles. The van der Waals surface area contributed by atoms with Gasteiger partial charge in [0.2, 0.25) is 11.9 Å². The normalized spacial score (nSPS) is 11.6. The minimum absolute atomic E-state index is 0.0916. The molecule has 0 aliphatic rings. The van der Waals surface area contributed by atoms with Gasteiger partial charge in [-0.3, -0.25) is 4.79 Å². The number of carbonyl (C=O) groups is 1. The summed E-state index contributed by atoms with van der Waals surface area (Å²) in [4.78, 5) is 16.9. The van der Waals surface area contributed by atoms with Crippen LogP contribution in [-0.4, -0.2) is 15.5 Å². The SMILES string of the molecule is Cn1c(Nc2c(Cl)ccc(CNC(=O)C(C)(C)C)c2Cl)nc2cc(CNc3cccc(Cl)c3)c(F)cc21. The topological polar surface area (TPSA) is 71.0 Å². The van der Waals surface area contributed by atoms with E-state index in [1.54, 1.807) is 41.9 Å². The van der Waals surface area contributed by atoms with Crippen molar-refractivity contribution in [2.75, 3.05) is 10.6 Å². The van der Waals surface area contributed by atoms with Gasteiger partial charge in [-0.05, 0) is 35.9 Å². The number of halogens is 4. The number of benzene rings is 3. The molecule has 194 valence electrons. The molecule has 0 spiro atoms. The second kappa shape index (κ2) is 10.8. The van der Waals surface area contributed by atoms with Crippen molar-refractivity contribution in [3.63, 3.8) is 0 Å². The molecule has 0 saturated carbocycles. The molecule has 4 rings (SSSR count). The highest BCUT2D eigenvalue weighted by Crippen LogP contribution is 2.36. The Kier molecular flexibility index (Phi) is 7.88. The van der Waals surface area contributed by atoms with Gasteiger partial charge < -0.3 is 20.5 Å². The highest BCUT2D eigenvalue weighted by atomic mass is 35.5. The van der Waals surface area contributed by atoms with Crippen LogP contribution in [0.4, 0.5) is 21.7 Å². The van der Waals surface area contributed by atoms with Gasteiger partial charge in [0, 0.05) is 47.9 Å². The fraction of sp³-hybridized carbons (Fsp3) is 0.259. The number of nitrogens with one attached hydrogen (secondary N) is 3. The summed E-state index contributed by atoms with van der Waals surface area (Å²) in [6.07, 6.45) is 0. The van der Waals surface area contributed by atoms with Crippen molar-refractivity contribution in [3.05, 3.63) is 80.5 Å². The van der Waals surface area contributed by atoms with E-state index >= 15 is 0 Å². The van der Waals surface area contributed by atoms with Crippen LogP contribution in [-0.2, 0) is 24.9 Å². The Morgan fingerprint density at radius 1 is 1.03 bits per heavy atom. The largest absolute Gasteiger partial charge is 0.381 e. The third kappa shape index (κ3) is 6.12. The maximum absolute atomic E-state index is 14.9. The third-order valence-electron chi connectivity index (χ3n) is 5.89. The molecule has 0 radical (unpaired) electrons. The van der Waals surface area contributed by atoms with E-state index in [9.17, 15) is 9.18 Å². The molecule has 6 nitrogen and oxygen atoms in total. The maximum atomic E-state index is 14.9. The molecule has 0 bridgehead atoms. The summed E-state index contributed by atoms with van der Waals surface area (Å²) in [6.45, 7) is 6.03. The number of aromatic nitrogens is 2. The number of hydrogen-bond acceptors (Lipinski definition) is 4. The van der Waals surface area contributed by atoms with Gasteiger partial charge in [-0.25, -0.2) is 9.37 Å². The molecule has 3 aromatic carbocycles. The Balaban J connectivity index is 1.58. The molecule has 0 atom stereocenters. The number of amides is 1. The van der Waals surface area contributed by atoms with E-state index < -0.39 is 5.41 Å². The van der Waals surface area contributed by atoms with Gasteiger partial charge in [-0.15, -0.1) is 0 Å². The van der Waals surface area contributed by atoms with Crippen molar-refractivity contribution in [2.45, 2.75) is 33.9 Å². The van der Waals surface area contributed by atoms with Crippen molar-refractivity contribution in [3.8, 4) is 0 Å². The summed E-state index contributed by atoms with van der Waals surface area (Å²) in [5.41, 5.74) is 3.09. The zero-order chi connectivity index (χ0) is 26.9. The van der Waals surface area contributed by atoms with Gasteiger partial charge in [0.25, 0.3) is 0 Å². The Hall–Kier alpha value is -3.00. The van der Waals surface area contributed by atoms with Crippen molar-refractivity contribution in [1.29, 1.82) is 0 Å². The summed E-state index contributed by atoms with van der Waals surface area (Å²) in [6, 6.07) is 13.9. The Morgan fingerprint density at radius 2 is 1.78 bits per heavy atom. The number of rotatable bonds is 7. The van der Waals surface area contributed by atoms with Gasteiger partial charge in [0.15, 0.2) is 0 Å². The van der Waals surface area contributed by atoms with E-state index in [1.165, 1.54) is 6.07 Å². The zero-order valence-corrected chi connectivity index (χ0v) is 23.1. The lowest BCUT2D eigenvalue weighted by Crippen LogP contribution is -2.34. The molecule has 1 amide bonds. The lowest BCUT2D eigenvalue weighted by molar-refractivity contribution is -0.128. The molecule has 37 heavy (non-hydrogen) atoms. The van der Waals surface area contributed by atoms with Crippen molar-refractivity contribution < 1.29 is 9.18 Å². The van der Waals surface area contributed by atoms with Gasteiger partial charge in [-0.1, -0.05) is 67.7 Å². The summed E-state index contributed by atoms with van der Waals surface area (Å²) in [7, 11) is 1.77. The lowest BCUT2D eigenvalue weighted by Gasteiger charge is -2.19. The number of anilines is 3. The molecule has 3 N–H and O–H groups in total. The quantitative estimate of drug-likeness (QED) is 0.216. The highest BCUT2D eigenvalue weighted by molar-refractivity contribution is 6.39. The van der Waals surface area contributed by atoms with E-state index in [0.717, 1.165) is 5.69 Å². The second-order valence-electron chi connectivity index (χ2n) is 9.74. The standard InChI is InChI=1S/C27H27Cl3FN5O/c1-27(2,3)25(37)33-13-15-8-9-19(29)24(23(15)30)35-26-34-21-10-16(20(31)12-22(21)36(26)4)14-32-18-7-5-6-17(28)11-18/h5-12,32H,13-14H2,1-4H3,(H,33,37)(H,34,35). The molecule has 1 aromatic heterocycles. The molecule has 10 heteroatoms. The van der Waals surface area contributed by atoms with Crippen molar-refractivity contribution >= 4 is 69.1 Å². The fourth-order valence-electron chi connectivity index (χ4n) is 3.70. The summed E-state index contributed by atoms with van der Waals surface area (Å²) < 4.78 is 16.7. The minimum atomic E-state index is -0.523. The van der Waals surface area contributed by atoms with E-state index in [-0.39, 0.29) is 24.8 Å². The molecule has 4 aromatic rings. The zero-order valence-electron chi connectivity index (χ0n) is 20.8. The molecule has 0 unspecified atom stereocenters. The van der Waals surface area contributed by atoms with Gasteiger partial charge in [-0.2, -0.15) is 0 Å². The van der Waals surface area contributed by atoms with E-state index in [0.29, 0.717) is 48.9 Å². The predicted octanol–water partition coefficient (Wildman–Crippen LogP) is 7.69. The predicted molar refractivity (Wildman–Crippen MR) is 150 cm³/mol. The minimum Gasteiger partial charge on any atom is -0.381 e. The van der Waals surface area contributed by atoms with E-state index in [4.69, 9.17) is 34.8 Å². The van der Waals surface area contributed by atoms with Gasteiger partial charge in [0.1, 0.15) is 5.82 Å². The van der Waals surface area contributed by atoms with Crippen LogP contribution in [0.25, 0.3) is 11.0 Å². The van der Waals surface area contributed by atoms with Crippen LogP contribution < -0.4 is 16.0 Å². The second-order valence-corrected chi connectivity index (χ2v) is 11.0. The maximum Gasteiger partial charge on any atom is 0.225 e. The van der Waals surface area contributed by atoms with Crippen LogP contribution in [0.3, 0.4) is 0 Å². The van der Waals surface area contributed by atoms with Crippen LogP contribution >= 0.6 is 34.8 Å². The number of nitrogens with zero attached hydrogens (tertiary/aromatic N) is 2. The summed E-state index contributed by atoms with van der Waals surface area (Å²) in [5.74, 6) is -0.00989. The first-order valence-electron chi connectivity index (χ1n) is 11.6. The third-order valence-corrected chi connectivity index (χ3v) is 6.87. The highest BCUT2D eigenvalue weighted by Gasteiger charge is 2.22. The lowest BCUT2D eigenvalue weighted by atomic mass is 9.95. The molecule has 0 aliphatic heterocycles. The van der Waals surface area contributed by atoms with Crippen molar-refractivity contribution in [1.82, 2.24) is 14.9 Å². The summed E-state index contributed by atoms with van der Waals surface area (Å²) >= 11 is 19.1. The monoisotopic (exact) mass is 561 g/mol. The molecule has 0 fully saturated rings. The number of fused-ring (bicyclic) bond motifs is 1. The molecule has 0 saturated heterocycles. The Morgan fingerprint density at radius 3 is 2.49 bits per heavy atom. The van der Waals surface area contributed by atoms with Crippen molar-refractivity contribution in [2.24, 2.45) is 12.5 Å². The molecular weight excluding hydrogens is 536 g/mol. The first-order chi connectivity index (χ1) is 17.4. The number of carbonyl (C=O) groups excluding carboxylic acids is 1. The Labute approximate surface area is 230 Å². The van der Waals surface area contributed by atoms with E-state index in [1.807, 2.05) is 32.9 Å². The van der Waals surface area contributed by atoms with E-state index in [2.05, 4.69) is 20.9 Å². The summed E-state index contributed by atoms with van der Waals surface area (Å²) in [5, 5.41) is 10.6. The van der Waals surface area contributed by atoms with Crippen LogP contribution in [0.5, 0.6) is 0 Å². The fourth-order valence-corrected chi connectivity index (χ4v) is 4.42. The number of aryl methyl sites for hydroxylation is 1. The molecule has 1 heterocycles. The van der Waals surface area contributed by atoms with Gasteiger partial charge in [0.05, 0.1) is 26.8 Å². The number of hydrogen-bond donors (Lipinski definition) is 3. The number of imidazole rings is 1. The Bertz CT molecular complexity index is 1480. The van der Waals surface area contributed by atoms with Crippen LogP contribution in [0.1, 0.15) is 31.9 Å². The molecular formula is C27H27Cl3FN5O. The smallest absolute Gasteiger partial charge is 0.225 e.